The van der Waals surface area contributed by atoms with Gasteiger partial charge >= 0.3 is 0 Å². The van der Waals surface area contributed by atoms with E-state index >= 15 is 0 Å². The Labute approximate surface area is 92.6 Å². The standard InChI is InChI=1S/C9H15N3O2S/c1-6-5-15-9(11-6)12-8(13)7(10)3-4-14-2/h5,7H,3-4,10H2,1-2H3,(H,11,12,13). The smallest absolute Gasteiger partial charge is 0.243 e. The number of rotatable bonds is 5. The number of amides is 1. The van der Waals surface area contributed by atoms with Gasteiger partial charge in [-0.1, -0.05) is 0 Å². The second kappa shape index (κ2) is 5.79. The van der Waals surface area contributed by atoms with Crippen molar-refractivity contribution in [3.05, 3.63) is 11.1 Å². The molecular weight excluding hydrogens is 214 g/mol. The predicted molar refractivity (Wildman–Crippen MR) is 59.9 cm³/mol. The molecule has 0 saturated carbocycles. The molecule has 1 rings (SSSR count). The highest BCUT2D eigenvalue weighted by molar-refractivity contribution is 7.13. The van der Waals surface area contributed by atoms with E-state index < -0.39 is 6.04 Å². The summed E-state index contributed by atoms with van der Waals surface area (Å²) < 4.78 is 4.84. The molecule has 15 heavy (non-hydrogen) atoms. The van der Waals surface area contributed by atoms with Crippen molar-refractivity contribution < 1.29 is 9.53 Å². The van der Waals surface area contributed by atoms with E-state index in [2.05, 4.69) is 10.3 Å². The van der Waals surface area contributed by atoms with E-state index in [4.69, 9.17) is 10.5 Å². The minimum absolute atomic E-state index is 0.221. The van der Waals surface area contributed by atoms with Crippen molar-refractivity contribution in [1.29, 1.82) is 0 Å². The van der Waals surface area contributed by atoms with E-state index in [-0.39, 0.29) is 5.91 Å². The van der Waals surface area contributed by atoms with E-state index in [1.54, 1.807) is 7.11 Å². The third-order valence-electron chi connectivity index (χ3n) is 1.82. The second-order valence-electron chi connectivity index (χ2n) is 3.17. The van der Waals surface area contributed by atoms with E-state index in [0.29, 0.717) is 18.2 Å². The topological polar surface area (TPSA) is 77.2 Å². The van der Waals surface area contributed by atoms with Crippen LogP contribution in [-0.2, 0) is 9.53 Å². The van der Waals surface area contributed by atoms with Crippen LogP contribution in [0.2, 0.25) is 0 Å². The first-order valence-corrected chi connectivity index (χ1v) is 5.49. The molecule has 0 saturated heterocycles. The highest BCUT2D eigenvalue weighted by Gasteiger charge is 2.14. The number of thiazole rings is 1. The molecule has 1 aromatic heterocycles. The number of methoxy groups -OCH3 is 1. The van der Waals surface area contributed by atoms with Crippen molar-refractivity contribution in [2.24, 2.45) is 5.73 Å². The van der Waals surface area contributed by atoms with E-state index in [1.165, 1.54) is 11.3 Å². The molecule has 0 aliphatic heterocycles. The van der Waals surface area contributed by atoms with Gasteiger partial charge in [0.2, 0.25) is 5.91 Å². The van der Waals surface area contributed by atoms with E-state index in [0.717, 1.165) is 5.69 Å². The molecule has 6 heteroatoms. The van der Waals surface area contributed by atoms with Crippen LogP contribution in [0.4, 0.5) is 5.13 Å². The Balaban J connectivity index is 2.41. The van der Waals surface area contributed by atoms with Gasteiger partial charge < -0.3 is 15.8 Å². The van der Waals surface area contributed by atoms with Gasteiger partial charge in [0.15, 0.2) is 5.13 Å². The first kappa shape index (κ1) is 12.1. The van der Waals surface area contributed by atoms with E-state index in [1.807, 2.05) is 12.3 Å². The number of hydrogen-bond acceptors (Lipinski definition) is 5. The summed E-state index contributed by atoms with van der Waals surface area (Å²) in [5, 5.41) is 5.12. The maximum atomic E-state index is 11.5. The Morgan fingerprint density at radius 1 is 1.80 bits per heavy atom. The Bertz CT molecular complexity index is 327. The molecule has 1 amide bonds. The molecular formula is C9H15N3O2S. The summed E-state index contributed by atoms with van der Waals surface area (Å²) >= 11 is 1.39. The number of ether oxygens (including phenoxy) is 1. The van der Waals surface area contributed by atoms with Gasteiger partial charge in [-0.2, -0.15) is 0 Å². The molecule has 0 fully saturated rings. The number of anilines is 1. The summed E-state index contributed by atoms with van der Waals surface area (Å²) in [6, 6.07) is -0.547. The molecule has 1 aromatic rings. The van der Waals surface area contributed by atoms with Gasteiger partial charge in [-0.05, 0) is 13.3 Å². The third kappa shape index (κ3) is 3.94. The summed E-state index contributed by atoms with van der Waals surface area (Å²) in [5.41, 5.74) is 6.53. The largest absolute Gasteiger partial charge is 0.385 e. The van der Waals surface area contributed by atoms with Crippen LogP contribution in [-0.4, -0.2) is 30.6 Å². The van der Waals surface area contributed by atoms with Gasteiger partial charge in [0.25, 0.3) is 0 Å². The van der Waals surface area contributed by atoms with E-state index in [9.17, 15) is 4.79 Å². The number of carbonyl (C=O) groups excluding carboxylic acids is 1. The Hall–Kier alpha value is -0.980. The van der Waals surface area contributed by atoms with Crippen molar-refractivity contribution in [3.63, 3.8) is 0 Å². The fourth-order valence-corrected chi connectivity index (χ4v) is 1.68. The van der Waals surface area contributed by atoms with Gasteiger partial charge in [-0.25, -0.2) is 4.98 Å². The maximum Gasteiger partial charge on any atom is 0.243 e. The molecule has 0 aromatic carbocycles. The lowest BCUT2D eigenvalue weighted by Gasteiger charge is -2.09. The van der Waals surface area contributed by atoms with Crippen LogP contribution in [0.25, 0.3) is 0 Å². The molecule has 0 bridgehead atoms. The first-order chi connectivity index (χ1) is 7.13. The number of aryl methyl sites for hydroxylation is 1. The monoisotopic (exact) mass is 229 g/mol. The lowest BCUT2D eigenvalue weighted by Crippen LogP contribution is -2.36. The summed E-state index contributed by atoms with van der Waals surface area (Å²) in [4.78, 5) is 15.6. The van der Waals surface area contributed by atoms with Crippen molar-refractivity contribution in [3.8, 4) is 0 Å². The number of carbonyl (C=O) groups is 1. The molecule has 3 N–H and O–H groups in total. The molecule has 1 unspecified atom stereocenters. The minimum Gasteiger partial charge on any atom is -0.385 e. The predicted octanol–water partition coefficient (Wildman–Crippen LogP) is 0.754. The SMILES string of the molecule is COCCC(N)C(=O)Nc1nc(C)cs1. The molecule has 0 aliphatic carbocycles. The average Bonchev–Trinajstić information content (AvgIpc) is 2.60. The van der Waals surface area contributed by atoms with Crippen molar-refractivity contribution in [1.82, 2.24) is 4.98 Å². The summed E-state index contributed by atoms with van der Waals surface area (Å²) in [6.45, 7) is 2.35. The number of hydrogen-bond donors (Lipinski definition) is 2. The number of nitrogens with zero attached hydrogens (tertiary/aromatic N) is 1. The third-order valence-corrected chi connectivity index (χ3v) is 2.69. The lowest BCUT2D eigenvalue weighted by molar-refractivity contribution is -0.117. The van der Waals surface area contributed by atoms with Crippen LogP contribution >= 0.6 is 11.3 Å². The van der Waals surface area contributed by atoms with Crippen LogP contribution in [0.15, 0.2) is 5.38 Å². The van der Waals surface area contributed by atoms with Crippen LogP contribution in [0.5, 0.6) is 0 Å². The van der Waals surface area contributed by atoms with Crippen LogP contribution in [0.3, 0.4) is 0 Å². The highest BCUT2D eigenvalue weighted by atomic mass is 32.1. The van der Waals surface area contributed by atoms with Crippen molar-refractivity contribution in [2.45, 2.75) is 19.4 Å². The van der Waals surface area contributed by atoms with Crippen molar-refractivity contribution >= 4 is 22.4 Å². The zero-order valence-corrected chi connectivity index (χ0v) is 9.63. The molecule has 0 aliphatic rings. The molecule has 1 atom stereocenters. The number of nitrogens with one attached hydrogen (secondary N) is 1. The molecule has 1 heterocycles. The second-order valence-corrected chi connectivity index (χ2v) is 4.03. The molecule has 0 spiro atoms. The number of aromatic nitrogens is 1. The summed E-state index contributed by atoms with van der Waals surface area (Å²) in [5.74, 6) is -0.221. The van der Waals surface area contributed by atoms with Crippen LogP contribution in [0, 0.1) is 6.92 Å². The lowest BCUT2D eigenvalue weighted by atomic mass is 10.2. The van der Waals surface area contributed by atoms with Gasteiger partial charge in [-0.3, -0.25) is 4.79 Å². The minimum atomic E-state index is -0.547. The van der Waals surface area contributed by atoms with Crippen LogP contribution < -0.4 is 11.1 Å². The Morgan fingerprint density at radius 2 is 2.53 bits per heavy atom. The van der Waals surface area contributed by atoms with Gasteiger partial charge in [0.05, 0.1) is 11.7 Å². The van der Waals surface area contributed by atoms with Gasteiger partial charge in [0, 0.05) is 19.1 Å². The zero-order chi connectivity index (χ0) is 11.3. The highest BCUT2D eigenvalue weighted by Crippen LogP contribution is 2.14. The summed E-state index contributed by atoms with van der Waals surface area (Å²) in [7, 11) is 1.58. The molecule has 84 valence electrons. The molecule has 5 nitrogen and oxygen atoms in total. The Morgan fingerprint density at radius 3 is 3.07 bits per heavy atom. The zero-order valence-electron chi connectivity index (χ0n) is 8.82. The summed E-state index contributed by atoms with van der Waals surface area (Å²) in [6.07, 6.45) is 0.507. The fraction of sp³-hybridized carbons (Fsp3) is 0.556. The van der Waals surface area contributed by atoms with Crippen LogP contribution in [0.1, 0.15) is 12.1 Å². The normalized spacial score (nSPS) is 12.5. The van der Waals surface area contributed by atoms with Gasteiger partial charge in [-0.15, -0.1) is 11.3 Å². The average molecular weight is 229 g/mol. The number of nitrogens with two attached hydrogens (primary N) is 1. The molecule has 0 radical (unpaired) electrons. The quantitative estimate of drug-likeness (QED) is 0.781. The first-order valence-electron chi connectivity index (χ1n) is 4.61. The fourth-order valence-electron chi connectivity index (χ4n) is 0.985. The Kier molecular flexibility index (Phi) is 4.67. The maximum absolute atomic E-state index is 11.5. The van der Waals surface area contributed by atoms with Gasteiger partial charge in [0.1, 0.15) is 0 Å². The van der Waals surface area contributed by atoms with Crippen molar-refractivity contribution in [2.75, 3.05) is 19.0 Å².